The minimum atomic E-state index is 0.604. The van der Waals surface area contributed by atoms with Crippen LogP contribution in [0.3, 0.4) is 0 Å². The molecule has 282 valence electrons. The van der Waals surface area contributed by atoms with E-state index >= 15 is 0 Å². The van der Waals surface area contributed by atoms with Crippen molar-refractivity contribution in [3.63, 3.8) is 0 Å². The summed E-state index contributed by atoms with van der Waals surface area (Å²) in [6.07, 6.45) is 0. The average molecular weight is 776 g/mol. The van der Waals surface area contributed by atoms with Crippen molar-refractivity contribution in [2.45, 2.75) is 0 Å². The van der Waals surface area contributed by atoms with Crippen LogP contribution < -0.4 is 27.3 Å². The van der Waals surface area contributed by atoms with E-state index < -0.39 is 0 Å². The summed E-state index contributed by atoms with van der Waals surface area (Å²) in [5.74, 6) is 1.86. The molecule has 61 heavy (non-hydrogen) atoms. The van der Waals surface area contributed by atoms with Crippen molar-refractivity contribution in [2.24, 2.45) is 0 Å². The Morgan fingerprint density at radius 2 is 0.836 bits per heavy atom. The molecule has 0 N–H and O–H groups in total. The Morgan fingerprint density at radius 3 is 1.52 bits per heavy atom. The molecule has 10 heteroatoms. The van der Waals surface area contributed by atoms with E-state index in [1.54, 1.807) is 0 Å². The maximum absolute atomic E-state index is 6.48. The van der Waals surface area contributed by atoms with Crippen LogP contribution in [0.15, 0.2) is 168 Å². The van der Waals surface area contributed by atoms with Crippen molar-refractivity contribution in [1.29, 1.82) is 0 Å². The maximum Gasteiger partial charge on any atom is 0.164 e. The Bertz CT molecular complexity index is 3500. The lowest BCUT2D eigenvalue weighted by molar-refractivity contribution is 0.669. The fourth-order valence-corrected chi connectivity index (χ4v) is 9.17. The Kier molecular flexibility index (Phi) is 8.71. The highest BCUT2D eigenvalue weighted by molar-refractivity contribution is 6.68. The van der Waals surface area contributed by atoms with Crippen molar-refractivity contribution >= 4 is 110 Å². The van der Waals surface area contributed by atoms with E-state index in [1.807, 2.05) is 42.5 Å². The van der Waals surface area contributed by atoms with Crippen LogP contribution >= 0.6 is 0 Å². The van der Waals surface area contributed by atoms with E-state index in [4.69, 9.17) is 19.4 Å². The number of benzene rings is 8. The summed E-state index contributed by atoms with van der Waals surface area (Å²) in [6, 6.07) is 57.6. The molecule has 8 aromatic carbocycles. The molecule has 0 saturated carbocycles. The quantitative estimate of drug-likeness (QED) is 0.234. The van der Waals surface area contributed by atoms with E-state index in [9.17, 15) is 0 Å². The number of hydrogen-bond acceptors (Lipinski definition) is 4. The molecule has 11 aromatic rings. The van der Waals surface area contributed by atoms with Gasteiger partial charge in [0.25, 0.3) is 0 Å². The summed E-state index contributed by atoms with van der Waals surface area (Å²) >= 11 is 0. The van der Waals surface area contributed by atoms with Gasteiger partial charge in [0.1, 0.15) is 50.4 Å². The third-order valence-electron chi connectivity index (χ3n) is 12.8. The van der Waals surface area contributed by atoms with Crippen molar-refractivity contribution in [3.05, 3.63) is 164 Å². The van der Waals surface area contributed by atoms with Crippen LogP contribution in [-0.2, 0) is 0 Å². The van der Waals surface area contributed by atoms with Gasteiger partial charge < -0.3 is 8.98 Å². The van der Waals surface area contributed by atoms with Crippen LogP contribution in [-0.4, -0.2) is 58.8 Å². The zero-order chi connectivity index (χ0) is 41.4. The summed E-state index contributed by atoms with van der Waals surface area (Å²) in [5.41, 5.74) is 19.3. The average Bonchev–Trinajstić information content (AvgIpc) is 3.85. The van der Waals surface area contributed by atoms with Crippen molar-refractivity contribution in [1.82, 2.24) is 19.5 Å². The molecule has 0 aliphatic heterocycles. The Balaban J connectivity index is 1.04. The molecule has 0 unspecified atom stereocenters. The molecule has 0 aliphatic rings. The first-order chi connectivity index (χ1) is 29.8. The predicted molar refractivity (Wildman–Crippen MR) is 270 cm³/mol. The number of fused-ring (bicyclic) bond motifs is 6. The second-order valence-corrected chi connectivity index (χ2v) is 16.2. The van der Waals surface area contributed by atoms with Crippen LogP contribution in [0.5, 0.6) is 0 Å². The highest BCUT2D eigenvalue weighted by Gasteiger charge is 2.19. The minimum Gasteiger partial charge on any atom is -0.456 e. The number of nitrogens with zero attached hydrogens (tertiary/aromatic N) is 4. The third-order valence-corrected chi connectivity index (χ3v) is 12.8. The second kappa shape index (κ2) is 14.5. The van der Waals surface area contributed by atoms with Gasteiger partial charge in [-0.3, -0.25) is 0 Å². The lowest BCUT2D eigenvalue weighted by Gasteiger charge is -2.20. The number of furan rings is 1. The zero-order valence-electron chi connectivity index (χ0n) is 34.8. The first kappa shape index (κ1) is 36.8. The fraction of sp³-hybridized carbons (Fsp3) is 0. The summed E-state index contributed by atoms with van der Waals surface area (Å²) in [5, 5.41) is 4.47. The second-order valence-electron chi connectivity index (χ2n) is 16.2. The predicted octanol–water partition coefficient (Wildman–Crippen LogP) is 4.50. The molecule has 0 fully saturated rings. The lowest BCUT2D eigenvalue weighted by atomic mass is 9.59. The zero-order valence-corrected chi connectivity index (χ0v) is 34.8. The number of hydrogen-bond donors (Lipinski definition) is 0. The van der Waals surface area contributed by atoms with E-state index in [0.717, 1.165) is 55.3 Å². The van der Waals surface area contributed by atoms with Gasteiger partial charge >= 0.3 is 0 Å². The highest BCUT2D eigenvalue weighted by Crippen LogP contribution is 2.38. The SMILES string of the molecule is Bc1c(B)c(B)c(-c2ccc(-c3nc(-c4ccccc4)nc(-c4ccc5oc6ccc(-n7c8ccccc8c8ccc(-c9ccccc9)cc87)cc6c5c4)n3)cc2)c(B)c1B. The monoisotopic (exact) mass is 776 g/mol. The molecule has 5 nitrogen and oxygen atoms in total. The van der Waals surface area contributed by atoms with Gasteiger partial charge in [0.2, 0.25) is 0 Å². The normalized spacial score (nSPS) is 11.6. The van der Waals surface area contributed by atoms with Gasteiger partial charge in [0, 0.05) is 43.9 Å². The summed E-state index contributed by atoms with van der Waals surface area (Å²) in [4.78, 5) is 15.3. The molecule has 0 bridgehead atoms. The molecular formula is C51H37B5N4O. The first-order valence-electron chi connectivity index (χ1n) is 20.9. The van der Waals surface area contributed by atoms with E-state index in [2.05, 4.69) is 165 Å². The van der Waals surface area contributed by atoms with E-state index in [1.165, 1.54) is 60.3 Å². The summed E-state index contributed by atoms with van der Waals surface area (Å²) in [6.45, 7) is 0. The molecule has 11 rings (SSSR count). The van der Waals surface area contributed by atoms with E-state index in [-0.39, 0.29) is 0 Å². The molecule has 0 aliphatic carbocycles. The Hall–Kier alpha value is -7.31. The fourth-order valence-electron chi connectivity index (χ4n) is 9.17. The summed E-state index contributed by atoms with van der Waals surface area (Å²) in [7, 11) is 11.1. The topological polar surface area (TPSA) is 56.7 Å². The number of para-hydroxylation sites is 1. The molecule has 3 aromatic heterocycles. The molecular weight excluding hydrogens is 739 g/mol. The van der Waals surface area contributed by atoms with Crippen molar-refractivity contribution in [3.8, 4) is 62.1 Å². The van der Waals surface area contributed by atoms with Crippen molar-refractivity contribution < 1.29 is 4.42 Å². The van der Waals surface area contributed by atoms with Crippen LogP contribution in [0.1, 0.15) is 0 Å². The van der Waals surface area contributed by atoms with Gasteiger partial charge in [-0.25, -0.2) is 15.0 Å². The lowest BCUT2D eigenvalue weighted by Crippen LogP contribution is -2.55. The van der Waals surface area contributed by atoms with E-state index in [0.29, 0.717) is 17.5 Å². The van der Waals surface area contributed by atoms with Gasteiger partial charge in [0.15, 0.2) is 17.5 Å². The van der Waals surface area contributed by atoms with Gasteiger partial charge in [-0.15, -0.1) is 16.4 Å². The van der Waals surface area contributed by atoms with Gasteiger partial charge in [-0.1, -0.05) is 126 Å². The highest BCUT2D eigenvalue weighted by atomic mass is 16.3. The summed E-state index contributed by atoms with van der Waals surface area (Å²) < 4.78 is 8.85. The third kappa shape index (κ3) is 6.12. The maximum atomic E-state index is 6.48. The van der Waals surface area contributed by atoms with Crippen LogP contribution in [0.4, 0.5) is 0 Å². The van der Waals surface area contributed by atoms with Gasteiger partial charge in [0.05, 0.1) is 11.0 Å². The molecule has 0 amide bonds. The molecule has 0 atom stereocenters. The van der Waals surface area contributed by atoms with Crippen molar-refractivity contribution in [2.75, 3.05) is 0 Å². The standard InChI is InChI=1S/C51H37B5N4O/c52-44-43(45(53)47(55)48(56)46(44)54)29-15-17-31(18-16-29)50-57-49(30-11-5-2-6-12-30)58-51(59-50)33-20-23-41-37(25-33)38-27-34(21-24-42(38)61-41)60-39-14-8-7-13-35(39)36-22-19-32(26-40(36)60)28-9-3-1-4-10-28/h1-27H,52-56H2. The van der Waals surface area contributed by atoms with Crippen LogP contribution in [0.2, 0.25) is 0 Å². The smallest absolute Gasteiger partial charge is 0.164 e. The van der Waals surface area contributed by atoms with Gasteiger partial charge in [-0.05, 0) is 70.8 Å². The van der Waals surface area contributed by atoms with Crippen LogP contribution in [0, 0.1) is 0 Å². The number of aromatic nitrogens is 4. The largest absolute Gasteiger partial charge is 0.456 e. The van der Waals surface area contributed by atoms with Gasteiger partial charge in [-0.2, -0.15) is 0 Å². The number of rotatable bonds is 6. The molecule has 3 heterocycles. The Labute approximate surface area is 358 Å². The minimum absolute atomic E-state index is 0.604. The van der Waals surface area contributed by atoms with Crippen LogP contribution in [0.25, 0.3) is 106 Å². The molecule has 0 spiro atoms. The molecule has 0 saturated heterocycles. The molecule has 0 radical (unpaired) electrons. The first-order valence-corrected chi connectivity index (χ1v) is 20.9. The Morgan fingerprint density at radius 1 is 0.344 bits per heavy atom.